The minimum absolute atomic E-state index is 0.206. The van der Waals surface area contributed by atoms with Crippen molar-refractivity contribution in [3.63, 3.8) is 0 Å². The lowest BCUT2D eigenvalue weighted by atomic mass is 10.2. The van der Waals surface area contributed by atoms with Gasteiger partial charge in [0.25, 0.3) is 0 Å². The second kappa shape index (κ2) is 5.86. The van der Waals surface area contributed by atoms with Gasteiger partial charge in [-0.25, -0.2) is 13.1 Å². The first-order valence-electron chi connectivity index (χ1n) is 6.02. The van der Waals surface area contributed by atoms with Gasteiger partial charge in [-0.05, 0) is 30.7 Å². The molecule has 0 radical (unpaired) electrons. The molecule has 4 nitrogen and oxygen atoms in total. The number of nitrogens with zero attached hydrogens (tertiary/aromatic N) is 1. The molecule has 1 unspecified atom stereocenters. The number of pyridine rings is 1. The molecule has 0 bridgehead atoms. The summed E-state index contributed by atoms with van der Waals surface area (Å²) in [7, 11) is -3.57. The second-order valence-electron chi connectivity index (χ2n) is 4.18. The SMILES string of the molecule is CCC(Cl)CNS(=O)(=O)c1cccc2ncccc12. The van der Waals surface area contributed by atoms with Crippen LogP contribution in [-0.2, 0) is 10.0 Å². The zero-order valence-corrected chi connectivity index (χ0v) is 12.1. The molecule has 1 N–H and O–H groups in total. The highest BCUT2D eigenvalue weighted by Crippen LogP contribution is 2.21. The van der Waals surface area contributed by atoms with Crippen LogP contribution in [-0.4, -0.2) is 25.3 Å². The van der Waals surface area contributed by atoms with E-state index in [2.05, 4.69) is 9.71 Å². The second-order valence-corrected chi connectivity index (χ2v) is 6.54. The fourth-order valence-electron chi connectivity index (χ4n) is 1.73. The van der Waals surface area contributed by atoms with E-state index in [1.165, 1.54) is 0 Å². The van der Waals surface area contributed by atoms with Gasteiger partial charge in [0.05, 0.1) is 10.4 Å². The zero-order chi connectivity index (χ0) is 13.9. The Labute approximate surface area is 117 Å². The summed E-state index contributed by atoms with van der Waals surface area (Å²) in [5, 5.41) is 0.406. The molecule has 1 aromatic heterocycles. The molecule has 0 aliphatic heterocycles. The van der Waals surface area contributed by atoms with Gasteiger partial charge in [0, 0.05) is 23.5 Å². The fourth-order valence-corrected chi connectivity index (χ4v) is 3.20. The zero-order valence-electron chi connectivity index (χ0n) is 10.5. The number of nitrogens with one attached hydrogen (secondary N) is 1. The molecule has 1 atom stereocenters. The van der Waals surface area contributed by atoms with Crippen molar-refractivity contribution in [1.82, 2.24) is 9.71 Å². The van der Waals surface area contributed by atoms with Gasteiger partial charge in [-0.1, -0.05) is 13.0 Å². The highest BCUT2D eigenvalue weighted by molar-refractivity contribution is 7.89. The number of halogens is 1. The maximum absolute atomic E-state index is 12.3. The number of fused-ring (bicyclic) bond motifs is 1. The van der Waals surface area contributed by atoms with Crippen molar-refractivity contribution in [3.05, 3.63) is 36.5 Å². The molecule has 0 amide bonds. The smallest absolute Gasteiger partial charge is 0.241 e. The molecule has 1 heterocycles. The van der Waals surface area contributed by atoms with E-state index >= 15 is 0 Å². The van der Waals surface area contributed by atoms with Crippen molar-refractivity contribution in [2.24, 2.45) is 0 Å². The summed E-state index contributed by atoms with van der Waals surface area (Å²) in [6, 6.07) is 8.50. The fraction of sp³-hybridized carbons (Fsp3) is 0.308. The summed E-state index contributed by atoms with van der Waals surface area (Å²) in [5.74, 6) is 0. The first kappa shape index (κ1) is 14.2. The summed E-state index contributed by atoms with van der Waals surface area (Å²) in [4.78, 5) is 4.38. The molecule has 1 aromatic carbocycles. The van der Waals surface area contributed by atoms with E-state index in [0.717, 1.165) is 0 Å². The Hall–Kier alpha value is -1.17. The first-order chi connectivity index (χ1) is 9.04. The predicted octanol–water partition coefficient (Wildman–Crippen LogP) is 2.53. The van der Waals surface area contributed by atoms with Gasteiger partial charge in [0.15, 0.2) is 0 Å². The molecular formula is C13H15ClN2O2S. The monoisotopic (exact) mass is 298 g/mol. The Morgan fingerprint density at radius 1 is 1.32 bits per heavy atom. The molecule has 19 heavy (non-hydrogen) atoms. The van der Waals surface area contributed by atoms with Crippen LogP contribution < -0.4 is 4.72 Å². The van der Waals surface area contributed by atoms with Crippen molar-refractivity contribution in [2.75, 3.05) is 6.54 Å². The number of sulfonamides is 1. The lowest BCUT2D eigenvalue weighted by Gasteiger charge is -2.11. The van der Waals surface area contributed by atoms with Gasteiger partial charge in [-0.15, -0.1) is 11.6 Å². The molecule has 0 saturated heterocycles. The van der Waals surface area contributed by atoms with Crippen LogP contribution in [0.25, 0.3) is 10.9 Å². The van der Waals surface area contributed by atoms with Gasteiger partial charge in [-0.3, -0.25) is 4.98 Å². The van der Waals surface area contributed by atoms with Crippen molar-refractivity contribution < 1.29 is 8.42 Å². The third-order valence-corrected chi connectivity index (χ3v) is 4.78. The van der Waals surface area contributed by atoms with Crippen LogP contribution in [0.3, 0.4) is 0 Å². The summed E-state index contributed by atoms with van der Waals surface area (Å²) in [6.07, 6.45) is 2.35. The van der Waals surface area contributed by atoms with Crippen LogP contribution in [0, 0.1) is 0 Å². The Morgan fingerprint density at radius 3 is 2.84 bits per heavy atom. The average molecular weight is 299 g/mol. The minimum Gasteiger partial charge on any atom is -0.256 e. The summed E-state index contributed by atoms with van der Waals surface area (Å²) in [6.45, 7) is 2.13. The lowest BCUT2D eigenvalue weighted by Crippen LogP contribution is -2.29. The van der Waals surface area contributed by atoms with Gasteiger partial charge in [0.1, 0.15) is 0 Å². The molecule has 0 spiro atoms. The quantitative estimate of drug-likeness (QED) is 0.863. The molecule has 6 heteroatoms. The number of hydrogen-bond acceptors (Lipinski definition) is 3. The molecule has 0 fully saturated rings. The topological polar surface area (TPSA) is 59.1 Å². The number of hydrogen-bond donors (Lipinski definition) is 1. The van der Waals surface area contributed by atoms with E-state index in [4.69, 9.17) is 11.6 Å². The number of rotatable bonds is 5. The summed E-state index contributed by atoms with van der Waals surface area (Å²) >= 11 is 5.94. The third-order valence-electron chi connectivity index (χ3n) is 2.83. The van der Waals surface area contributed by atoms with Gasteiger partial charge in [0.2, 0.25) is 10.0 Å². The van der Waals surface area contributed by atoms with E-state index in [0.29, 0.717) is 17.3 Å². The van der Waals surface area contributed by atoms with Crippen molar-refractivity contribution in [2.45, 2.75) is 23.6 Å². The molecule has 102 valence electrons. The molecule has 2 aromatic rings. The minimum atomic E-state index is -3.57. The first-order valence-corrected chi connectivity index (χ1v) is 7.94. The van der Waals surface area contributed by atoms with Crippen LogP contribution in [0.15, 0.2) is 41.4 Å². The van der Waals surface area contributed by atoms with E-state index in [1.807, 2.05) is 6.92 Å². The normalized spacial score (nSPS) is 13.6. The highest BCUT2D eigenvalue weighted by atomic mass is 35.5. The predicted molar refractivity (Wildman–Crippen MR) is 76.9 cm³/mol. The third kappa shape index (κ3) is 3.23. The Morgan fingerprint density at radius 2 is 2.11 bits per heavy atom. The van der Waals surface area contributed by atoms with Crippen molar-refractivity contribution in [1.29, 1.82) is 0 Å². The van der Waals surface area contributed by atoms with E-state index in [9.17, 15) is 8.42 Å². The highest BCUT2D eigenvalue weighted by Gasteiger charge is 2.18. The van der Waals surface area contributed by atoms with Crippen LogP contribution in [0.5, 0.6) is 0 Å². The van der Waals surface area contributed by atoms with Gasteiger partial charge in [-0.2, -0.15) is 0 Å². The standard InChI is InChI=1S/C13H15ClN2O2S/c1-2-10(14)9-16-19(17,18)13-7-3-6-12-11(13)5-4-8-15-12/h3-8,10,16H,2,9H2,1H3. The number of alkyl halides is 1. The van der Waals surface area contributed by atoms with Crippen LogP contribution >= 0.6 is 11.6 Å². The van der Waals surface area contributed by atoms with Crippen LogP contribution in [0.4, 0.5) is 0 Å². The molecular weight excluding hydrogens is 284 g/mol. The maximum Gasteiger partial charge on any atom is 0.241 e. The molecule has 0 aliphatic rings. The number of benzene rings is 1. The van der Waals surface area contributed by atoms with E-state index < -0.39 is 10.0 Å². The van der Waals surface area contributed by atoms with Crippen molar-refractivity contribution in [3.8, 4) is 0 Å². The summed E-state index contributed by atoms with van der Waals surface area (Å²) < 4.78 is 27.1. The van der Waals surface area contributed by atoms with Gasteiger partial charge < -0.3 is 0 Å². The van der Waals surface area contributed by atoms with Gasteiger partial charge >= 0.3 is 0 Å². The van der Waals surface area contributed by atoms with E-state index in [-0.39, 0.29) is 16.8 Å². The lowest BCUT2D eigenvalue weighted by molar-refractivity contribution is 0.580. The molecule has 2 rings (SSSR count). The molecule has 0 saturated carbocycles. The summed E-state index contributed by atoms with van der Waals surface area (Å²) in [5.41, 5.74) is 0.656. The largest absolute Gasteiger partial charge is 0.256 e. The Balaban J connectivity index is 2.38. The van der Waals surface area contributed by atoms with Crippen LogP contribution in [0.1, 0.15) is 13.3 Å². The van der Waals surface area contributed by atoms with Crippen LogP contribution in [0.2, 0.25) is 0 Å². The van der Waals surface area contributed by atoms with E-state index in [1.54, 1.807) is 36.5 Å². The Bertz CT molecular complexity index is 668. The molecule has 0 aliphatic carbocycles. The maximum atomic E-state index is 12.3. The average Bonchev–Trinajstić information content (AvgIpc) is 2.44. The van der Waals surface area contributed by atoms with Crippen molar-refractivity contribution >= 4 is 32.5 Å². The Kier molecular flexibility index (Phi) is 4.39. The number of aromatic nitrogens is 1.